The average Bonchev–Trinajstić information content (AvgIpc) is 3.22. The lowest BCUT2D eigenvalue weighted by atomic mass is 10.2. The molecule has 0 N–H and O–H groups in total. The van der Waals surface area contributed by atoms with Gasteiger partial charge in [-0.2, -0.15) is 0 Å². The summed E-state index contributed by atoms with van der Waals surface area (Å²) in [4.78, 5) is 31.2. The number of nitrogens with zero attached hydrogens (tertiary/aromatic N) is 2. The Balaban J connectivity index is 1.69. The third-order valence-electron chi connectivity index (χ3n) is 4.15. The minimum atomic E-state index is -0.0799. The van der Waals surface area contributed by atoms with Gasteiger partial charge in [-0.05, 0) is 23.6 Å². The van der Waals surface area contributed by atoms with Crippen molar-refractivity contribution in [1.82, 2.24) is 9.55 Å². The van der Waals surface area contributed by atoms with E-state index in [0.29, 0.717) is 28.2 Å². The molecular weight excluding hydrogens is 376 g/mol. The first kappa shape index (κ1) is 17.7. The maximum Gasteiger partial charge on any atom is 0.262 e. The summed E-state index contributed by atoms with van der Waals surface area (Å²) in [7, 11) is 0. The van der Waals surface area contributed by atoms with Gasteiger partial charge in [-0.3, -0.25) is 14.2 Å². The fourth-order valence-electron chi connectivity index (χ4n) is 2.79. The number of fused-ring (bicyclic) bond motifs is 1. The number of thiophene rings is 1. The fourth-order valence-corrected chi connectivity index (χ4v) is 4.38. The van der Waals surface area contributed by atoms with Gasteiger partial charge in [0, 0.05) is 10.4 Å². The Morgan fingerprint density at radius 2 is 1.78 bits per heavy atom. The van der Waals surface area contributed by atoms with Crippen LogP contribution < -0.4 is 5.56 Å². The molecule has 134 valence electrons. The van der Waals surface area contributed by atoms with E-state index in [4.69, 9.17) is 0 Å². The molecule has 0 unspecified atom stereocenters. The number of carbonyl (C=O) groups excluding carboxylic acids is 1. The molecule has 2 heterocycles. The van der Waals surface area contributed by atoms with Crippen LogP contribution in [0.15, 0.2) is 82.1 Å². The molecule has 2 aromatic heterocycles. The first-order valence-electron chi connectivity index (χ1n) is 8.45. The third-order valence-corrected chi connectivity index (χ3v) is 5.99. The Bertz CT molecular complexity index is 1140. The molecule has 0 aliphatic rings. The van der Waals surface area contributed by atoms with Gasteiger partial charge in [0.1, 0.15) is 0 Å². The molecular formula is C21H16N2O2S2. The Hall–Kier alpha value is -2.70. The first-order valence-corrected chi connectivity index (χ1v) is 10.3. The summed E-state index contributed by atoms with van der Waals surface area (Å²) >= 11 is 2.91. The zero-order valence-electron chi connectivity index (χ0n) is 14.4. The number of thioether (sulfide) groups is 1. The van der Waals surface area contributed by atoms with Crippen LogP contribution in [0.3, 0.4) is 0 Å². The number of Topliss-reactive ketones (excluding diaryl/α,β-unsaturated/α-hetero) is 1. The summed E-state index contributed by atoms with van der Waals surface area (Å²) in [6.07, 6.45) is 0. The summed E-state index contributed by atoms with van der Waals surface area (Å²) in [5.41, 5.74) is 1.24. The van der Waals surface area contributed by atoms with Gasteiger partial charge in [0.25, 0.3) is 5.56 Å². The quantitative estimate of drug-likeness (QED) is 0.276. The second kappa shape index (κ2) is 7.90. The van der Waals surface area contributed by atoms with E-state index in [1.54, 1.807) is 34.1 Å². The largest absolute Gasteiger partial charge is 0.293 e. The van der Waals surface area contributed by atoms with E-state index in [1.165, 1.54) is 11.8 Å². The van der Waals surface area contributed by atoms with Crippen LogP contribution in [0, 0.1) is 0 Å². The second-order valence-electron chi connectivity index (χ2n) is 5.96. The van der Waals surface area contributed by atoms with Gasteiger partial charge in [-0.25, -0.2) is 4.98 Å². The lowest BCUT2D eigenvalue weighted by Crippen LogP contribution is -2.24. The van der Waals surface area contributed by atoms with Gasteiger partial charge in [0.15, 0.2) is 10.9 Å². The standard InChI is InChI=1S/C21H16N2O2S2/c24-19(15-7-2-1-3-8-15)14-27-21-22-18-11-5-4-10-17(18)20(25)23(21)13-16-9-6-12-26-16/h1-12H,13-14H2. The number of hydrogen-bond acceptors (Lipinski definition) is 5. The van der Waals surface area contributed by atoms with Crippen molar-refractivity contribution in [2.45, 2.75) is 11.7 Å². The molecule has 0 saturated heterocycles. The van der Waals surface area contributed by atoms with Crippen LogP contribution in [0.25, 0.3) is 10.9 Å². The van der Waals surface area contributed by atoms with Crippen LogP contribution in [-0.2, 0) is 6.54 Å². The lowest BCUT2D eigenvalue weighted by Gasteiger charge is -2.12. The molecule has 0 aliphatic heterocycles. The number of rotatable bonds is 6. The van der Waals surface area contributed by atoms with Crippen molar-refractivity contribution in [1.29, 1.82) is 0 Å². The second-order valence-corrected chi connectivity index (χ2v) is 7.93. The van der Waals surface area contributed by atoms with Gasteiger partial charge in [-0.15, -0.1) is 11.3 Å². The Morgan fingerprint density at radius 1 is 1.00 bits per heavy atom. The van der Waals surface area contributed by atoms with Crippen molar-refractivity contribution in [2.24, 2.45) is 0 Å². The van der Waals surface area contributed by atoms with Gasteiger partial charge >= 0.3 is 0 Å². The molecule has 4 rings (SSSR count). The van der Waals surface area contributed by atoms with E-state index in [-0.39, 0.29) is 17.1 Å². The SMILES string of the molecule is O=C(CSc1nc2ccccc2c(=O)n1Cc1cccs1)c1ccccc1. The van der Waals surface area contributed by atoms with Gasteiger partial charge in [0.2, 0.25) is 0 Å². The Labute approximate surface area is 164 Å². The molecule has 0 radical (unpaired) electrons. The van der Waals surface area contributed by atoms with E-state index in [9.17, 15) is 9.59 Å². The number of benzene rings is 2. The summed E-state index contributed by atoms with van der Waals surface area (Å²) < 4.78 is 1.66. The number of para-hydroxylation sites is 1. The topological polar surface area (TPSA) is 52.0 Å². The van der Waals surface area contributed by atoms with Crippen LogP contribution in [0.5, 0.6) is 0 Å². The highest BCUT2D eigenvalue weighted by molar-refractivity contribution is 7.99. The lowest BCUT2D eigenvalue weighted by molar-refractivity contribution is 0.102. The minimum Gasteiger partial charge on any atom is -0.293 e. The molecule has 0 aliphatic carbocycles. The highest BCUT2D eigenvalue weighted by atomic mass is 32.2. The van der Waals surface area contributed by atoms with E-state index in [2.05, 4.69) is 4.98 Å². The summed E-state index contributed by atoms with van der Waals surface area (Å²) in [6.45, 7) is 0.455. The maximum atomic E-state index is 13.0. The van der Waals surface area contributed by atoms with Crippen molar-refractivity contribution in [2.75, 3.05) is 5.75 Å². The molecule has 6 heteroatoms. The van der Waals surface area contributed by atoms with Crippen molar-refractivity contribution >= 4 is 39.8 Å². The Kier molecular flexibility index (Phi) is 5.18. The summed E-state index contributed by atoms with van der Waals surface area (Å²) in [5, 5.41) is 3.14. The molecule has 0 fully saturated rings. The third kappa shape index (κ3) is 3.86. The molecule has 4 aromatic rings. The molecule has 4 nitrogen and oxygen atoms in total. The Morgan fingerprint density at radius 3 is 2.56 bits per heavy atom. The van der Waals surface area contributed by atoms with Crippen LogP contribution in [-0.4, -0.2) is 21.1 Å². The van der Waals surface area contributed by atoms with Crippen LogP contribution in [0.1, 0.15) is 15.2 Å². The highest BCUT2D eigenvalue weighted by Crippen LogP contribution is 2.21. The molecule has 0 bridgehead atoms. The smallest absolute Gasteiger partial charge is 0.262 e. The van der Waals surface area contributed by atoms with Crippen LogP contribution in [0.4, 0.5) is 0 Å². The zero-order chi connectivity index (χ0) is 18.6. The highest BCUT2D eigenvalue weighted by Gasteiger charge is 2.14. The molecule has 27 heavy (non-hydrogen) atoms. The van der Waals surface area contributed by atoms with Gasteiger partial charge in [0.05, 0.1) is 23.2 Å². The molecule has 0 saturated carbocycles. The predicted octanol–water partition coefficient (Wildman–Crippen LogP) is 4.48. The molecule has 0 amide bonds. The van der Waals surface area contributed by atoms with Crippen molar-refractivity contribution < 1.29 is 4.79 Å². The number of carbonyl (C=O) groups is 1. The first-order chi connectivity index (χ1) is 13.2. The van der Waals surface area contributed by atoms with Crippen LogP contribution >= 0.6 is 23.1 Å². The monoisotopic (exact) mass is 392 g/mol. The summed E-state index contributed by atoms with van der Waals surface area (Å²) in [6, 6.07) is 20.5. The predicted molar refractivity (Wildman–Crippen MR) is 111 cm³/mol. The number of hydrogen-bond donors (Lipinski definition) is 0. The minimum absolute atomic E-state index is 0.0191. The fraction of sp³-hybridized carbons (Fsp3) is 0.0952. The van der Waals surface area contributed by atoms with E-state index < -0.39 is 0 Å². The van der Waals surface area contributed by atoms with Crippen molar-refractivity contribution in [3.05, 3.63) is 92.9 Å². The van der Waals surface area contributed by atoms with E-state index >= 15 is 0 Å². The van der Waals surface area contributed by atoms with Crippen molar-refractivity contribution in [3.8, 4) is 0 Å². The van der Waals surface area contributed by atoms with E-state index in [1.807, 2.05) is 53.9 Å². The zero-order valence-corrected chi connectivity index (χ0v) is 16.0. The average molecular weight is 393 g/mol. The molecule has 0 atom stereocenters. The molecule has 0 spiro atoms. The maximum absolute atomic E-state index is 13.0. The van der Waals surface area contributed by atoms with Gasteiger partial charge in [-0.1, -0.05) is 60.3 Å². The number of ketones is 1. The van der Waals surface area contributed by atoms with E-state index in [0.717, 1.165) is 4.88 Å². The summed E-state index contributed by atoms with van der Waals surface area (Å²) in [5.74, 6) is 0.255. The van der Waals surface area contributed by atoms with Gasteiger partial charge < -0.3 is 0 Å². The normalized spacial score (nSPS) is 11.0. The van der Waals surface area contributed by atoms with Crippen LogP contribution in [0.2, 0.25) is 0 Å². The van der Waals surface area contributed by atoms with Crippen molar-refractivity contribution in [3.63, 3.8) is 0 Å². The number of aromatic nitrogens is 2. The molecule has 2 aromatic carbocycles.